The lowest BCUT2D eigenvalue weighted by atomic mass is 10.2. The molecule has 0 aromatic rings. The van der Waals surface area contributed by atoms with Crippen molar-refractivity contribution in [2.24, 2.45) is 0 Å². The maximum Gasteiger partial charge on any atom is 0.175 e. The third kappa shape index (κ3) is 2.78. The van der Waals surface area contributed by atoms with Crippen molar-refractivity contribution in [3.8, 4) is 0 Å². The fourth-order valence-corrected chi connectivity index (χ4v) is 37.0. The number of hydrogen-bond acceptors (Lipinski definition) is 2. The molecular formula is C12H30O2Si3. The lowest BCUT2D eigenvalue weighted by Gasteiger charge is -2.59. The molecule has 0 radical (unpaired) electrons. The van der Waals surface area contributed by atoms with E-state index in [1.807, 2.05) is 0 Å². The van der Waals surface area contributed by atoms with Gasteiger partial charge in [-0.1, -0.05) is 26.2 Å². The monoisotopic (exact) mass is 290 g/mol. The topological polar surface area (TPSA) is 29.5 Å². The van der Waals surface area contributed by atoms with Crippen LogP contribution in [0.4, 0.5) is 0 Å². The Bertz CT molecular complexity index is 289. The van der Waals surface area contributed by atoms with E-state index >= 15 is 0 Å². The summed E-state index contributed by atoms with van der Waals surface area (Å²) in [5, 5.41) is 9.14. The van der Waals surface area contributed by atoms with Crippen molar-refractivity contribution in [3.05, 3.63) is 0 Å². The Morgan fingerprint density at radius 1 is 1.12 bits per heavy atom. The molecule has 1 aliphatic heterocycles. The Morgan fingerprint density at radius 2 is 1.65 bits per heavy atom. The zero-order chi connectivity index (χ0) is 13.5. The second-order valence-electron chi connectivity index (χ2n) is 7.61. The van der Waals surface area contributed by atoms with E-state index in [0.29, 0.717) is 6.61 Å². The first-order valence-electron chi connectivity index (χ1n) is 6.79. The first-order chi connectivity index (χ1) is 7.47. The zero-order valence-corrected chi connectivity index (χ0v) is 15.7. The molecule has 1 rings (SSSR count). The molecule has 0 aromatic heterocycles. The predicted molar refractivity (Wildman–Crippen MR) is 83.1 cm³/mol. The minimum atomic E-state index is -1.62. The fourth-order valence-electron chi connectivity index (χ4n) is 3.55. The van der Waals surface area contributed by atoms with E-state index in [2.05, 4.69) is 46.6 Å². The smallest absolute Gasteiger partial charge is 0.175 e. The van der Waals surface area contributed by atoms with Crippen LogP contribution in [0.5, 0.6) is 0 Å². The van der Waals surface area contributed by atoms with Gasteiger partial charge in [-0.2, -0.15) is 0 Å². The van der Waals surface area contributed by atoms with E-state index in [-0.39, 0.29) is 5.60 Å². The van der Waals surface area contributed by atoms with Crippen LogP contribution in [0.1, 0.15) is 20.3 Å². The first-order valence-corrected chi connectivity index (χ1v) is 17.6. The highest BCUT2D eigenvalue weighted by atomic mass is 29.6. The highest BCUT2D eigenvalue weighted by Crippen LogP contribution is 2.45. The van der Waals surface area contributed by atoms with Crippen molar-refractivity contribution in [1.29, 1.82) is 0 Å². The maximum atomic E-state index is 9.14. The van der Waals surface area contributed by atoms with Gasteiger partial charge in [-0.25, -0.2) is 0 Å². The molecule has 0 spiro atoms. The van der Waals surface area contributed by atoms with Crippen LogP contribution in [0, 0.1) is 0 Å². The molecule has 0 saturated carbocycles. The summed E-state index contributed by atoms with van der Waals surface area (Å²) in [7, 11) is -4.01. The van der Waals surface area contributed by atoms with Gasteiger partial charge in [0.25, 0.3) is 0 Å². The Labute approximate surface area is 109 Å². The molecule has 1 fully saturated rings. The molecular weight excluding hydrogens is 260 g/mol. The van der Waals surface area contributed by atoms with Gasteiger partial charge < -0.3 is 9.53 Å². The molecule has 1 unspecified atom stereocenters. The Balaban J connectivity index is 3.08. The summed E-state index contributed by atoms with van der Waals surface area (Å²) in [6.07, 6.45) is 0.930. The maximum absolute atomic E-state index is 9.14. The second-order valence-corrected chi connectivity index (χ2v) is 34.4. The minimum absolute atomic E-state index is 0.0780. The molecule has 2 nitrogen and oxygen atoms in total. The summed E-state index contributed by atoms with van der Waals surface area (Å²) < 4.78 is 6.64. The normalized spacial score (nSPS) is 34.6. The summed E-state index contributed by atoms with van der Waals surface area (Å²) in [5.41, 5.74) is 0.0780. The van der Waals surface area contributed by atoms with Crippen molar-refractivity contribution >= 4 is 22.5 Å². The molecule has 1 saturated heterocycles. The lowest BCUT2D eigenvalue weighted by molar-refractivity contribution is 0.119. The van der Waals surface area contributed by atoms with Crippen LogP contribution in [0.25, 0.3) is 0 Å². The number of hydrogen-bond donors (Lipinski definition) is 1. The molecule has 1 N–H and O–H groups in total. The van der Waals surface area contributed by atoms with Crippen molar-refractivity contribution < 1.29 is 9.53 Å². The lowest BCUT2D eigenvalue weighted by Crippen LogP contribution is -2.78. The van der Waals surface area contributed by atoms with Crippen LogP contribution < -0.4 is 0 Å². The summed E-state index contributed by atoms with van der Waals surface area (Å²) >= 11 is 0. The van der Waals surface area contributed by atoms with Gasteiger partial charge in [-0.05, 0) is 38.9 Å². The standard InChI is InChI=1S/C12H30O2Si3/c1-12(2)11-15(3,4)16(5,6)17(7,14-12)10-8-9-13/h13H,8-11H2,1-7H3. The van der Waals surface area contributed by atoms with Crippen molar-refractivity contribution in [2.45, 2.75) is 70.7 Å². The Morgan fingerprint density at radius 3 is 2.12 bits per heavy atom. The number of aliphatic hydroxyl groups is 1. The zero-order valence-electron chi connectivity index (χ0n) is 12.7. The molecule has 1 atom stereocenters. The molecule has 102 valence electrons. The van der Waals surface area contributed by atoms with E-state index in [0.717, 1.165) is 12.5 Å². The van der Waals surface area contributed by atoms with Gasteiger partial charge in [0, 0.05) is 19.8 Å². The molecule has 1 aliphatic rings. The summed E-state index contributed by atoms with van der Waals surface area (Å²) in [6.45, 7) is 17.6. The van der Waals surface area contributed by atoms with Gasteiger partial charge in [-0.3, -0.25) is 0 Å². The minimum Gasteiger partial charge on any atom is -0.415 e. The summed E-state index contributed by atoms with van der Waals surface area (Å²) in [6, 6.07) is 2.46. The molecule has 5 heteroatoms. The second kappa shape index (κ2) is 4.59. The predicted octanol–water partition coefficient (Wildman–Crippen LogP) is 3.33. The molecule has 1 heterocycles. The van der Waals surface area contributed by atoms with Crippen LogP contribution >= 0.6 is 0 Å². The van der Waals surface area contributed by atoms with E-state index < -0.39 is 22.5 Å². The largest absolute Gasteiger partial charge is 0.415 e. The van der Waals surface area contributed by atoms with Crippen LogP contribution in [-0.2, 0) is 4.43 Å². The van der Waals surface area contributed by atoms with E-state index in [4.69, 9.17) is 9.53 Å². The van der Waals surface area contributed by atoms with Crippen molar-refractivity contribution in [1.82, 2.24) is 0 Å². The van der Waals surface area contributed by atoms with Gasteiger partial charge in [0.2, 0.25) is 0 Å². The van der Waals surface area contributed by atoms with Crippen LogP contribution in [0.3, 0.4) is 0 Å². The number of rotatable bonds is 3. The SMILES string of the molecule is CC1(C)C[Si](C)(C)[Si](C)(C)[Si](C)(CCCO)O1. The van der Waals surface area contributed by atoms with Crippen LogP contribution in [-0.4, -0.2) is 39.8 Å². The highest BCUT2D eigenvalue weighted by molar-refractivity contribution is 7.67. The molecule has 0 aliphatic carbocycles. The first kappa shape index (κ1) is 15.6. The van der Waals surface area contributed by atoms with Gasteiger partial charge in [0.05, 0.1) is 7.11 Å². The van der Waals surface area contributed by atoms with E-state index in [1.54, 1.807) is 0 Å². The average Bonchev–Trinajstić information content (AvgIpc) is 2.09. The quantitative estimate of drug-likeness (QED) is 0.808. The van der Waals surface area contributed by atoms with Gasteiger partial charge in [0.15, 0.2) is 7.83 Å². The molecule has 0 amide bonds. The molecule has 17 heavy (non-hydrogen) atoms. The molecule has 0 bridgehead atoms. The highest BCUT2D eigenvalue weighted by Gasteiger charge is 2.61. The fraction of sp³-hybridized carbons (Fsp3) is 1.00. The van der Waals surface area contributed by atoms with Gasteiger partial charge >= 0.3 is 0 Å². The van der Waals surface area contributed by atoms with Gasteiger partial charge in [0.1, 0.15) is 0 Å². The summed E-state index contributed by atoms with van der Waals surface area (Å²) in [5.74, 6) is 0. The third-order valence-electron chi connectivity index (χ3n) is 5.20. The average molecular weight is 291 g/mol. The van der Waals surface area contributed by atoms with E-state index in [1.165, 1.54) is 6.04 Å². The van der Waals surface area contributed by atoms with Crippen molar-refractivity contribution in [3.63, 3.8) is 0 Å². The summed E-state index contributed by atoms with van der Waals surface area (Å²) in [4.78, 5) is 0. The van der Waals surface area contributed by atoms with Gasteiger partial charge in [-0.15, -0.1) is 0 Å². The van der Waals surface area contributed by atoms with Crippen molar-refractivity contribution in [2.75, 3.05) is 6.61 Å². The number of aliphatic hydroxyl groups excluding tert-OH is 1. The van der Waals surface area contributed by atoms with Crippen LogP contribution in [0.15, 0.2) is 0 Å². The van der Waals surface area contributed by atoms with Crippen LogP contribution in [0.2, 0.25) is 44.8 Å². The third-order valence-corrected chi connectivity index (χ3v) is 45.8. The van der Waals surface area contributed by atoms with E-state index in [9.17, 15) is 0 Å². The molecule has 0 aromatic carbocycles. The Hall–Kier alpha value is 0.571. The Kier molecular flexibility index (Phi) is 4.22.